The van der Waals surface area contributed by atoms with Crippen molar-refractivity contribution in [2.45, 2.75) is 38.4 Å². The monoisotopic (exact) mass is 342 g/mol. The Morgan fingerprint density at radius 2 is 2.04 bits per heavy atom. The fraction of sp³-hybridized carbons (Fsp3) is 0.350. The number of rotatable bonds is 5. The van der Waals surface area contributed by atoms with Gasteiger partial charge < -0.3 is 5.32 Å². The average Bonchev–Trinajstić information content (AvgIpc) is 3.04. The Labute approximate surface area is 148 Å². The van der Waals surface area contributed by atoms with Gasteiger partial charge >= 0.3 is 0 Å². The zero-order chi connectivity index (χ0) is 16.9. The highest BCUT2D eigenvalue weighted by Crippen LogP contribution is 2.22. The lowest BCUT2D eigenvalue weighted by Crippen LogP contribution is -2.43. The van der Waals surface area contributed by atoms with Crippen LogP contribution in [0.3, 0.4) is 0 Å². The first kappa shape index (κ1) is 17.0. The summed E-state index contributed by atoms with van der Waals surface area (Å²) in [6, 6.07) is 17.9. The normalized spacial score (nSPS) is 19.2. The third kappa shape index (κ3) is 4.16. The number of nitrogens with zero attached hydrogens (tertiary/aromatic N) is 1. The van der Waals surface area contributed by atoms with Crippen LogP contribution in [-0.4, -0.2) is 23.4 Å². The molecule has 0 saturated carbocycles. The lowest BCUT2D eigenvalue weighted by atomic mass is 10.1. The van der Waals surface area contributed by atoms with Crippen molar-refractivity contribution in [3.63, 3.8) is 0 Å². The molecule has 3 nitrogen and oxygen atoms in total. The fourth-order valence-corrected chi connectivity index (χ4v) is 3.50. The molecule has 3 rings (SSSR count). The van der Waals surface area contributed by atoms with E-state index in [0.29, 0.717) is 5.02 Å². The van der Waals surface area contributed by atoms with Crippen LogP contribution in [0.25, 0.3) is 0 Å². The van der Waals surface area contributed by atoms with Gasteiger partial charge in [-0.1, -0.05) is 54.1 Å². The minimum atomic E-state index is -0.0492. The van der Waals surface area contributed by atoms with Crippen molar-refractivity contribution in [2.24, 2.45) is 0 Å². The van der Waals surface area contributed by atoms with Gasteiger partial charge in [0.05, 0.1) is 12.1 Å². The second kappa shape index (κ2) is 7.82. The summed E-state index contributed by atoms with van der Waals surface area (Å²) in [7, 11) is 0. The summed E-state index contributed by atoms with van der Waals surface area (Å²) < 4.78 is 0. The molecule has 2 atom stereocenters. The topological polar surface area (TPSA) is 32.3 Å². The quantitative estimate of drug-likeness (QED) is 0.884. The minimum Gasteiger partial charge on any atom is -0.348 e. The first-order valence-electron chi connectivity index (χ1n) is 8.47. The smallest absolute Gasteiger partial charge is 0.237 e. The third-order valence-corrected chi connectivity index (χ3v) is 4.84. The van der Waals surface area contributed by atoms with Crippen molar-refractivity contribution >= 4 is 17.5 Å². The van der Waals surface area contributed by atoms with Crippen LogP contribution in [0.5, 0.6) is 0 Å². The van der Waals surface area contributed by atoms with Gasteiger partial charge in [0.2, 0.25) is 5.91 Å². The summed E-state index contributed by atoms with van der Waals surface area (Å²) in [6.07, 6.45) is 1.98. The van der Waals surface area contributed by atoms with Gasteiger partial charge in [0.1, 0.15) is 0 Å². The maximum atomic E-state index is 12.7. The molecule has 1 heterocycles. The summed E-state index contributed by atoms with van der Waals surface area (Å²) in [5, 5.41) is 3.84. The van der Waals surface area contributed by atoms with Gasteiger partial charge in [-0.25, -0.2) is 0 Å². The maximum absolute atomic E-state index is 12.7. The lowest BCUT2D eigenvalue weighted by molar-refractivity contribution is -0.126. The Kier molecular flexibility index (Phi) is 5.54. The lowest BCUT2D eigenvalue weighted by Gasteiger charge is -2.25. The van der Waals surface area contributed by atoms with E-state index in [2.05, 4.69) is 22.3 Å². The largest absolute Gasteiger partial charge is 0.348 e. The number of amides is 1. The number of likely N-dealkylation sites (tertiary alicyclic amines) is 1. The molecule has 1 N–H and O–H groups in total. The Morgan fingerprint density at radius 1 is 1.25 bits per heavy atom. The number of hydrogen-bond acceptors (Lipinski definition) is 2. The predicted octanol–water partition coefficient (Wildman–Crippen LogP) is 4.18. The summed E-state index contributed by atoms with van der Waals surface area (Å²) >= 11 is 6.05. The van der Waals surface area contributed by atoms with Crippen LogP contribution in [-0.2, 0) is 11.3 Å². The van der Waals surface area contributed by atoms with E-state index < -0.39 is 0 Å². The van der Waals surface area contributed by atoms with Crippen LogP contribution in [0, 0.1) is 0 Å². The summed E-state index contributed by atoms with van der Waals surface area (Å²) in [6.45, 7) is 3.79. The molecule has 0 radical (unpaired) electrons. The van der Waals surface area contributed by atoms with E-state index in [-0.39, 0.29) is 18.0 Å². The molecule has 1 aliphatic heterocycles. The van der Waals surface area contributed by atoms with Crippen LogP contribution in [0.2, 0.25) is 5.02 Å². The van der Waals surface area contributed by atoms with E-state index >= 15 is 0 Å². The highest BCUT2D eigenvalue weighted by molar-refractivity contribution is 6.30. The second-order valence-electron chi connectivity index (χ2n) is 6.40. The van der Waals surface area contributed by atoms with Crippen molar-refractivity contribution in [3.8, 4) is 0 Å². The Hall–Kier alpha value is -1.84. The third-order valence-electron chi connectivity index (χ3n) is 4.60. The molecule has 1 aliphatic rings. The molecule has 0 unspecified atom stereocenters. The van der Waals surface area contributed by atoms with Gasteiger partial charge in [-0.2, -0.15) is 0 Å². The summed E-state index contributed by atoms with van der Waals surface area (Å²) in [5.74, 6) is 0.107. The fourth-order valence-electron chi connectivity index (χ4n) is 3.30. The zero-order valence-electron chi connectivity index (χ0n) is 13.9. The number of benzene rings is 2. The van der Waals surface area contributed by atoms with E-state index in [1.807, 2.05) is 49.4 Å². The first-order chi connectivity index (χ1) is 11.6. The van der Waals surface area contributed by atoms with E-state index in [1.54, 1.807) is 0 Å². The summed E-state index contributed by atoms with van der Waals surface area (Å²) in [5.41, 5.74) is 2.28. The van der Waals surface area contributed by atoms with Crippen molar-refractivity contribution < 1.29 is 4.79 Å². The van der Waals surface area contributed by atoms with E-state index in [1.165, 1.54) is 5.56 Å². The van der Waals surface area contributed by atoms with E-state index in [0.717, 1.165) is 31.5 Å². The highest BCUT2D eigenvalue weighted by Gasteiger charge is 2.31. The molecule has 0 aromatic heterocycles. The van der Waals surface area contributed by atoms with E-state index in [4.69, 9.17) is 11.6 Å². The molecule has 1 saturated heterocycles. The number of hydrogen-bond donors (Lipinski definition) is 1. The molecule has 0 bridgehead atoms. The van der Waals surface area contributed by atoms with E-state index in [9.17, 15) is 4.79 Å². The molecule has 2 aromatic carbocycles. The minimum absolute atomic E-state index is 0.0459. The number of carbonyl (C=O) groups excluding carboxylic acids is 1. The molecule has 126 valence electrons. The van der Waals surface area contributed by atoms with Gasteiger partial charge in [-0.3, -0.25) is 9.69 Å². The molecule has 1 fully saturated rings. The van der Waals surface area contributed by atoms with Crippen LogP contribution < -0.4 is 5.32 Å². The molecule has 0 spiro atoms. The standard InChI is InChI=1S/C20H23ClN2O/c1-15(17-9-5-10-18(21)13-17)22-20(24)19-11-6-12-23(19)14-16-7-3-2-4-8-16/h2-5,7-10,13,15,19H,6,11-12,14H2,1H3,(H,22,24)/t15-,19-/m0/s1. The van der Waals surface area contributed by atoms with Gasteiger partial charge in [0, 0.05) is 11.6 Å². The molecule has 4 heteroatoms. The number of carbonyl (C=O) groups is 1. The first-order valence-corrected chi connectivity index (χ1v) is 8.85. The SMILES string of the molecule is C[C@H](NC(=O)[C@@H]1CCCN1Cc1ccccc1)c1cccc(Cl)c1. The molecular weight excluding hydrogens is 320 g/mol. The molecule has 24 heavy (non-hydrogen) atoms. The second-order valence-corrected chi connectivity index (χ2v) is 6.84. The highest BCUT2D eigenvalue weighted by atomic mass is 35.5. The zero-order valence-corrected chi connectivity index (χ0v) is 14.7. The van der Waals surface area contributed by atoms with Crippen molar-refractivity contribution in [1.82, 2.24) is 10.2 Å². The molecule has 2 aromatic rings. The molecule has 1 amide bonds. The number of halogens is 1. The van der Waals surface area contributed by atoms with Gasteiger partial charge in [0.25, 0.3) is 0 Å². The molecule has 0 aliphatic carbocycles. The van der Waals surface area contributed by atoms with Crippen LogP contribution in [0.1, 0.15) is 36.9 Å². The van der Waals surface area contributed by atoms with Crippen molar-refractivity contribution in [2.75, 3.05) is 6.54 Å². The van der Waals surface area contributed by atoms with Gasteiger partial charge in [0.15, 0.2) is 0 Å². The Morgan fingerprint density at radius 3 is 2.79 bits per heavy atom. The predicted molar refractivity (Wildman–Crippen MR) is 97.9 cm³/mol. The Bertz CT molecular complexity index is 689. The van der Waals surface area contributed by atoms with Gasteiger partial charge in [-0.05, 0) is 49.6 Å². The maximum Gasteiger partial charge on any atom is 0.237 e. The molecular formula is C20H23ClN2O. The van der Waals surface area contributed by atoms with Gasteiger partial charge in [-0.15, -0.1) is 0 Å². The van der Waals surface area contributed by atoms with Crippen LogP contribution in [0.15, 0.2) is 54.6 Å². The van der Waals surface area contributed by atoms with Crippen LogP contribution in [0.4, 0.5) is 0 Å². The number of nitrogens with one attached hydrogen (secondary N) is 1. The summed E-state index contributed by atoms with van der Waals surface area (Å²) in [4.78, 5) is 15.0. The Balaban J connectivity index is 1.63. The van der Waals surface area contributed by atoms with Crippen molar-refractivity contribution in [3.05, 3.63) is 70.7 Å². The average molecular weight is 343 g/mol. The van der Waals surface area contributed by atoms with Crippen molar-refractivity contribution in [1.29, 1.82) is 0 Å². The van der Waals surface area contributed by atoms with Crippen LogP contribution >= 0.6 is 11.6 Å².